The molecule has 0 aliphatic heterocycles. The maximum Gasteiger partial charge on any atom is 0.335 e. The number of carboxylic acids is 1. The largest absolute Gasteiger partial charge is 0.478 e. The Balaban J connectivity index is 1.54. The fourth-order valence-electron chi connectivity index (χ4n) is 3.87. The maximum absolute atomic E-state index is 13.2. The summed E-state index contributed by atoms with van der Waals surface area (Å²) in [6, 6.07) is 11.4. The zero-order valence-electron chi connectivity index (χ0n) is 21.2. The molecule has 0 aliphatic carbocycles. The van der Waals surface area contributed by atoms with Gasteiger partial charge in [0.15, 0.2) is 0 Å². The van der Waals surface area contributed by atoms with Gasteiger partial charge in [0.2, 0.25) is 11.8 Å². The number of anilines is 1. The van der Waals surface area contributed by atoms with Gasteiger partial charge >= 0.3 is 5.97 Å². The van der Waals surface area contributed by atoms with Crippen molar-refractivity contribution in [3.05, 3.63) is 88.5 Å². The summed E-state index contributed by atoms with van der Waals surface area (Å²) >= 11 is 6.15. The number of aromatic carboxylic acids is 1. The minimum absolute atomic E-state index is 0.0604. The van der Waals surface area contributed by atoms with Crippen LogP contribution in [0.25, 0.3) is 11.8 Å². The van der Waals surface area contributed by atoms with Crippen LogP contribution in [0, 0.1) is 6.92 Å². The Bertz CT molecular complexity index is 1530. The Kier molecular flexibility index (Phi) is 8.99. The number of hydrogen-bond donors (Lipinski definition) is 4. The number of nitrogens with one attached hydrogen (secondary N) is 2. The molecule has 206 valence electrons. The Morgan fingerprint density at radius 1 is 1.12 bits per heavy atom. The summed E-state index contributed by atoms with van der Waals surface area (Å²) in [5.74, 6) is -2.18. The molecule has 0 bridgehead atoms. The number of rotatable bonds is 11. The van der Waals surface area contributed by atoms with E-state index >= 15 is 0 Å². The van der Waals surface area contributed by atoms with Gasteiger partial charge in [0.1, 0.15) is 12.4 Å². The van der Waals surface area contributed by atoms with Gasteiger partial charge in [0, 0.05) is 34.5 Å². The molecule has 1 unspecified atom stereocenters. The van der Waals surface area contributed by atoms with Gasteiger partial charge in [-0.25, -0.2) is 4.79 Å². The number of tetrazole rings is 1. The van der Waals surface area contributed by atoms with Gasteiger partial charge < -0.3 is 20.8 Å². The van der Waals surface area contributed by atoms with Crippen molar-refractivity contribution in [1.82, 2.24) is 35.3 Å². The first-order valence-corrected chi connectivity index (χ1v) is 12.4. The molecule has 2 amide bonds. The first kappa shape index (κ1) is 28.1. The molecule has 2 aromatic heterocycles. The molecule has 2 heterocycles. The number of amides is 2. The smallest absolute Gasteiger partial charge is 0.335 e. The third-order valence-electron chi connectivity index (χ3n) is 5.79. The first-order valence-electron chi connectivity index (χ1n) is 12.0. The SMILES string of the molecule is Cc1cc(CC(NC(=O)C=Cc2cc(Cl)ccc2-n2cnnn2)C(=O)Nc2ccc(C(=O)O)cc2)nn1CCO. The predicted octanol–water partition coefficient (Wildman–Crippen LogP) is 1.89. The van der Waals surface area contributed by atoms with E-state index < -0.39 is 23.8 Å². The third kappa shape index (κ3) is 7.15. The molecular weight excluding hydrogens is 540 g/mol. The van der Waals surface area contributed by atoms with E-state index in [4.69, 9.17) is 16.7 Å². The number of aromatic nitrogens is 6. The van der Waals surface area contributed by atoms with Gasteiger partial charge in [-0.1, -0.05) is 11.6 Å². The fraction of sp³-hybridized carbons (Fsp3) is 0.192. The molecule has 1 atom stereocenters. The van der Waals surface area contributed by atoms with Crippen LogP contribution in [0.2, 0.25) is 5.02 Å². The van der Waals surface area contributed by atoms with E-state index in [0.29, 0.717) is 27.7 Å². The lowest BCUT2D eigenvalue weighted by Gasteiger charge is -2.17. The first-order chi connectivity index (χ1) is 19.2. The molecule has 2 aromatic carbocycles. The summed E-state index contributed by atoms with van der Waals surface area (Å²) in [6.07, 6.45) is 4.25. The summed E-state index contributed by atoms with van der Waals surface area (Å²) < 4.78 is 3.03. The van der Waals surface area contributed by atoms with Crippen molar-refractivity contribution in [2.75, 3.05) is 11.9 Å². The minimum atomic E-state index is -1.09. The molecular formula is C26H25ClN8O5. The van der Waals surface area contributed by atoms with E-state index in [1.165, 1.54) is 47.4 Å². The number of carboxylic acid groups (broad SMARTS) is 1. The Hall–Kier alpha value is -4.88. The Morgan fingerprint density at radius 2 is 1.90 bits per heavy atom. The second-order valence-electron chi connectivity index (χ2n) is 8.65. The van der Waals surface area contributed by atoms with Crippen LogP contribution >= 0.6 is 11.6 Å². The Labute approximate surface area is 233 Å². The highest BCUT2D eigenvalue weighted by Gasteiger charge is 2.23. The van der Waals surface area contributed by atoms with Gasteiger partial charge in [0.25, 0.3) is 0 Å². The second-order valence-corrected chi connectivity index (χ2v) is 9.09. The normalized spacial score (nSPS) is 11.9. The molecule has 4 rings (SSSR count). The van der Waals surface area contributed by atoms with E-state index in [1.807, 2.05) is 6.92 Å². The van der Waals surface area contributed by atoms with Crippen LogP contribution in [0.1, 0.15) is 27.3 Å². The number of benzene rings is 2. The van der Waals surface area contributed by atoms with Crippen molar-refractivity contribution in [3.8, 4) is 5.69 Å². The van der Waals surface area contributed by atoms with E-state index in [1.54, 1.807) is 28.9 Å². The number of nitrogens with zero attached hydrogens (tertiary/aromatic N) is 6. The van der Waals surface area contributed by atoms with Crippen molar-refractivity contribution >= 4 is 41.1 Å². The molecule has 0 fully saturated rings. The van der Waals surface area contributed by atoms with Crippen molar-refractivity contribution in [2.24, 2.45) is 0 Å². The molecule has 0 saturated heterocycles. The third-order valence-corrected chi connectivity index (χ3v) is 6.02. The van der Waals surface area contributed by atoms with Crippen LogP contribution < -0.4 is 10.6 Å². The van der Waals surface area contributed by atoms with Crippen LogP contribution in [0.15, 0.2) is 60.9 Å². The highest BCUT2D eigenvalue weighted by atomic mass is 35.5. The van der Waals surface area contributed by atoms with E-state index in [0.717, 1.165) is 5.69 Å². The zero-order chi connectivity index (χ0) is 28.6. The average molecular weight is 565 g/mol. The van der Waals surface area contributed by atoms with Crippen LogP contribution in [-0.4, -0.2) is 70.6 Å². The Morgan fingerprint density at radius 3 is 2.58 bits per heavy atom. The van der Waals surface area contributed by atoms with E-state index in [2.05, 4.69) is 31.3 Å². The van der Waals surface area contributed by atoms with Gasteiger partial charge in [-0.05, 0) is 72.0 Å². The molecule has 0 saturated carbocycles. The van der Waals surface area contributed by atoms with Gasteiger partial charge in [-0.2, -0.15) is 9.78 Å². The van der Waals surface area contributed by atoms with Crippen molar-refractivity contribution < 1.29 is 24.6 Å². The van der Waals surface area contributed by atoms with Crippen LogP contribution in [-0.2, 0) is 22.6 Å². The number of hydrogen-bond acceptors (Lipinski definition) is 8. The van der Waals surface area contributed by atoms with Crippen molar-refractivity contribution in [1.29, 1.82) is 0 Å². The van der Waals surface area contributed by atoms with Crippen LogP contribution in [0.5, 0.6) is 0 Å². The topological polar surface area (TPSA) is 177 Å². The molecule has 14 heteroatoms. The van der Waals surface area contributed by atoms with Crippen LogP contribution in [0.4, 0.5) is 5.69 Å². The van der Waals surface area contributed by atoms with E-state index in [9.17, 15) is 19.5 Å². The van der Waals surface area contributed by atoms with E-state index in [-0.39, 0.29) is 25.1 Å². The maximum atomic E-state index is 13.2. The molecule has 40 heavy (non-hydrogen) atoms. The average Bonchev–Trinajstić information content (AvgIpc) is 3.58. The molecule has 0 radical (unpaired) electrons. The number of aryl methyl sites for hydroxylation is 1. The minimum Gasteiger partial charge on any atom is -0.478 e. The van der Waals surface area contributed by atoms with Gasteiger partial charge in [-0.3, -0.25) is 14.3 Å². The molecule has 4 N–H and O–H groups in total. The van der Waals surface area contributed by atoms with Crippen LogP contribution in [0.3, 0.4) is 0 Å². The molecule has 0 aliphatic rings. The number of carbonyl (C=O) groups is 3. The second kappa shape index (κ2) is 12.8. The molecule has 4 aromatic rings. The van der Waals surface area contributed by atoms with Gasteiger partial charge in [0.05, 0.1) is 30.1 Å². The highest BCUT2D eigenvalue weighted by molar-refractivity contribution is 6.30. The molecule has 0 spiro atoms. The standard InChI is InChI=1S/C26H25ClN8O5/c1-16-12-21(31-34(16)10-11-36)14-22(25(38)29-20-6-2-17(3-7-20)26(39)40)30-24(37)9-4-18-13-19(27)5-8-23(18)35-15-28-32-33-35/h2-9,12-13,15,22,36H,10-11,14H2,1H3,(H,29,38)(H,30,37)(H,39,40). The quantitative estimate of drug-likeness (QED) is 0.198. The lowest BCUT2D eigenvalue weighted by atomic mass is 10.1. The summed E-state index contributed by atoms with van der Waals surface area (Å²) in [6.45, 7) is 2.01. The summed E-state index contributed by atoms with van der Waals surface area (Å²) in [5, 5.41) is 39.7. The lowest BCUT2D eigenvalue weighted by molar-refractivity contribution is -0.123. The van der Waals surface area contributed by atoms with Crippen molar-refractivity contribution in [2.45, 2.75) is 25.9 Å². The number of carbonyl (C=O) groups excluding carboxylic acids is 2. The molecule has 13 nitrogen and oxygen atoms in total. The highest BCUT2D eigenvalue weighted by Crippen LogP contribution is 2.20. The van der Waals surface area contributed by atoms with Crippen molar-refractivity contribution in [3.63, 3.8) is 0 Å². The number of aliphatic hydroxyl groups excluding tert-OH is 1. The summed E-state index contributed by atoms with van der Waals surface area (Å²) in [7, 11) is 0. The number of halogens is 1. The predicted molar refractivity (Wildman–Crippen MR) is 145 cm³/mol. The summed E-state index contributed by atoms with van der Waals surface area (Å²) in [5.41, 5.74) is 2.90. The monoisotopic (exact) mass is 564 g/mol. The number of aliphatic hydroxyl groups is 1. The lowest BCUT2D eigenvalue weighted by Crippen LogP contribution is -2.44. The fourth-order valence-corrected chi connectivity index (χ4v) is 4.05. The van der Waals surface area contributed by atoms with Gasteiger partial charge in [-0.15, -0.1) is 5.10 Å². The zero-order valence-corrected chi connectivity index (χ0v) is 22.0. The summed E-state index contributed by atoms with van der Waals surface area (Å²) in [4.78, 5) is 37.3.